The van der Waals surface area contributed by atoms with Gasteiger partial charge in [-0.15, -0.1) is 6.42 Å². The Morgan fingerprint density at radius 3 is 2.72 bits per heavy atom. The molecular weight excluding hydrogens is 224 g/mol. The Bertz CT molecular complexity index is 409. The van der Waals surface area contributed by atoms with Crippen LogP contribution in [-0.4, -0.2) is 38.7 Å². The highest BCUT2D eigenvalue weighted by atomic mass is 16.5. The molecule has 98 valence electrons. The van der Waals surface area contributed by atoms with E-state index in [2.05, 4.69) is 42.4 Å². The molecule has 0 saturated carbocycles. The maximum atomic E-state index is 5.37. The number of terminal acetylenes is 1. The molecule has 0 fully saturated rings. The standard InChI is InChI=1S/C15H22N2O/c1-6-12(2)16-11-15(17(3)4)13-8-7-9-14(10-13)18-5/h1,7-10,12,15-16H,11H2,2-5H3. The number of benzene rings is 1. The number of nitrogens with zero attached hydrogens (tertiary/aromatic N) is 1. The van der Waals surface area contributed by atoms with E-state index in [1.165, 1.54) is 5.56 Å². The quantitative estimate of drug-likeness (QED) is 0.776. The number of ether oxygens (including phenoxy) is 1. The van der Waals surface area contributed by atoms with Crippen LogP contribution in [0.15, 0.2) is 24.3 Å². The Labute approximate surface area is 110 Å². The van der Waals surface area contributed by atoms with Gasteiger partial charge in [0.05, 0.1) is 13.2 Å². The van der Waals surface area contributed by atoms with Gasteiger partial charge in [-0.1, -0.05) is 18.1 Å². The van der Waals surface area contributed by atoms with Crippen molar-refractivity contribution in [3.8, 4) is 18.1 Å². The topological polar surface area (TPSA) is 24.5 Å². The van der Waals surface area contributed by atoms with E-state index in [0.29, 0.717) is 0 Å². The van der Waals surface area contributed by atoms with E-state index in [0.717, 1.165) is 12.3 Å². The number of hydrogen-bond donors (Lipinski definition) is 1. The fourth-order valence-electron chi connectivity index (χ4n) is 1.79. The van der Waals surface area contributed by atoms with Gasteiger partial charge in [-0.2, -0.15) is 0 Å². The van der Waals surface area contributed by atoms with Crippen LogP contribution in [0.25, 0.3) is 0 Å². The fraction of sp³-hybridized carbons (Fsp3) is 0.467. The zero-order valence-corrected chi connectivity index (χ0v) is 11.6. The summed E-state index contributed by atoms with van der Waals surface area (Å²) in [6, 6.07) is 8.49. The molecule has 0 amide bonds. The van der Waals surface area contributed by atoms with Crippen LogP contribution >= 0.6 is 0 Å². The zero-order chi connectivity index (χ0) is 13.5. The number of nitrogens with one attached hydrogen (secondary N) is 1. The number of hydrogen-bond acceptors (Lipinski definition) is 3. The summed E-state index contributed by atoms with van der Waals surface area (Å²) >= 11 is 0. The Morgan fingerprint density at radius 1 is 1.44 bits per heavy atom. The minimum absolute atomic E-state index is 0.0815. The lowest BCUT2D eigenvalue weighted by Crippen LogP contribution is -2.35. The maximum Gasteiger partial charge on any atom is 0.119 e. The van der Waals surface area contributed by atoms with Crippen LogP contribution < -0.4 is 10.1 Å². The summed E-state index contributed by atoms with van der Waals surface area (Å²) in [6.45, 7) is 2.80. The van der Waals surface area contributed by atoms with E-state index in [-0.39, 0.29) is 12.1 Å². The molecule has 0 aliphatic heterocycles. The molecule has 0 radical (unpaired) electrons. The first-order chi connectivity index (χ1) is 8.58. The van der Waals surface area contributed by atoms with Crippen LogP contribution in [0.3, 0.4) is 0 Å². The number of methoxy groups -OCH3 is 1. The molecule has 1 N–H and O–H groups in total. The lowest BCUT2D eigenvalue weighted by Gasteiger charge is -2.26. The fourth-order valence-corrected chi connectivity index (χ4v) is 1.79. The van der Waals surface area contributed by atoms with Crippen molar-refractivity contribution in [3.63, 3.8) is 0 Å². The van der Waals surface area contributed by atoms with E-state index < -0.39 is 0 Å². The van der Waals surface area contributed by atoms with Crippen LogP contribution in [0.5, 0.6) is 5.75 Å². The SMILES string of the molecule is C#CC(C)NCC(c1cccc(OC)c1)N(C)C. The minimum Gasteiger partial charge on any atom is -0.497 e. The molecule has 1 aromatic carbocycles. The second-order valence-corrected chi connectivity index (χ2v) is 4.55. The van der Waals surface area contributed by atoms with Crippen molar-refractivity contribution in [2.24, 2.45) is 0 Å². The molecule has 2 unspecified atom stereocenters. The van der Waals surface area contributed by atoms with E-state index in [1.54, 1.807) is 7.11 Å². The lowest BCUT2D eigenvalue weighted by molar-refractivity contribution is 0.285. The van der Waals surface area contributed by atoms with Crippen molar-refractivity contribution in [2.45, 2.75) is 19.0 Å². The molecule has 1 rings (SSSR count). The van der Waals surface area contributed by atoms with Gasteiger partial charge < -0.3 is 15.0 Å². The van der Waals surface area contributed by atoms with E-state index in [9.17, 15) is 0 Å². The highest BCUT2D eigenvalue weighted by Gasteiger charge is 2.15. The van der Waals surface area contributed by atoms with E-state index in [4.69, 9.17) is 11.2 Å². The summed E-state index contributed by atoms with van der Waals surface area (Å²) in [5.74, 6) is 3.56. The van der Waals surface area contributed by atoms with Gasteiger partial charge in [0.1, 0.15) is 5.75 Å². The van der Waals surface area contributed by atoms with Gasteiger partial charge >= 0.3 is 0 Å². The first-order valence-electron chi connectivity index (χ1n) is 6.08. The van der Waals surface area contributed by atoms with Crippen LogP contribution in [0.1, 0.15) is 18.5 Å². The van der Waals surface area contributed by atoms with Gasteiger partial charge in [0, 0.05) is 12.6 Å². The normalized spacial score (nSPS) is 14.0. The first-order valence-corrected chi connectivity index (χ1v) is 6.08. The Hall–Kier alpha value is -1.50. The first kappa shape index (κ1) is 14.6. The molecular formula is C15H22N2O. The Kier molecular flexibility index (Phi) is 5.70. The largest absolute Gasteiger partial charge is 0.497 e. The third kappa shape index (κ3) is 4.06. The molecule has 0 spiro atoms. The number of rotatable bonds is 6. The van der Waals surface area contributed by atoms with Crippen molar-refractivity contribution in [1.82, 2.24) is 10.2 Å². The van der Waals surface area contributed by atoms with Crippen molar-refractivity contribution in [2.75, 3.05) is 27.7 Å². The van der Waals surface area contributed by atoms with Crippen molar-refractivity contribution in [1.29, 1.82) is 0 Å². The van der Waals surface area contributed by atoms with Gasteiger partial charge in [-0.25, -0.2) is 0 Å². The highest BCUT2D eigenvalue weighted by Crippen LogP contribution is 2.22. The molecule has 3 nitrogen and oxygen atoms in total. The molecule has 0 heterocycles. The summed E-state index contributed by atoms with van der Waals surface area (Å²) in [7, 11) is 5.81. The lowest BCUT2D eigenvalue weighted by atomic mass is 10.1. The molecule has 3 heteroatoms. The zero-order valence-electron chi connectivity index (χ0n) is 11.6. The second-order valence-electron chi connectivity index (χ2n) is 4.55. The monoisotopic (exact) mass is 246 g/mol. The highest BCUT2D eigenvalue weighted by molar-refractivity contribution is 5.30. The van der Waals surface area contributed by atoms with Crippen LogP contribution in [0.2, 0.25) is 0 Å². The van der Waals surface area contributed by atoms with Gasteiger partial charge in [0.2, 0.25) is 0 Å². The van der Waals surface area contributed by atoms with Crippen molar-refractivity contribution >= 4 is 0 Å². The molecule has 0 aromatic heterocycles. The third-order valence-corrected chi connectivity index (χ3v) is 2.97. The molecule has 18 heavy (non-hydrogen) atoms. The molecule has 0 saturated heterocycles. The molecule has 1 aromatic rings. The van der Waals surface area contributed by atoms with Crippen molar-refractivity contribution in [3.05, 3.63) is 29.8 Å². The summed E-state index contributed by atoms with van der Waals surface area (Å²) < 4.78 is 5.26. The Balaban J connectivity index is 2.81. The molecule has 0 aliphatic carbocycles. The third-order valence-electron chi connectivity index (χ3n) is 2.97. The molecule has 0 aliphatic rings. The smallest absolute Gasteiger partial charge is 0.119 e. The van der Waals surface area contributed by atoms with Crippen LogP contribution in [-0.2, 0) is 0 Å². The minimum atomic E-state index is 0.0815. The predicted octanol–water partition coefficient (Wildman–Crippen LogP) is 1.91. The van der Waals surface area contributed by atoms with Crippen molar-refractivity contribution < 1.29 is 4.74 Å². The van der Waals surface area contributed by atoms with Gasteiger partial charge in [-0.3, -0.25) is 0 Å². The van der Waals surface area contributed by atoms with Gasteiger partial charge in [0.25, 0.3) is 0 Å². The van der Waals surface area contributed by atoms with E-state index >= 15 is 0 Å². The van der Waals surface area contributed by atoms with Crippen LogP contribution in [0, 0.1) is 12.3 Å². The second kappa shape index (κ2) is 7.05. The molecule has 2 atom stereocenters. The summed E-state index contributed by atoms with van der Waals surface area (Å²) in [6.07, 6.45) is 5.37. The average molecular weight is 246 g/mol. The van der Waals surface area contributed by atoms with Crippen LogP contribution in [0.4, 0.5) is 0 Å². The van der Waals surface area contributed by atoms with E-state index in [1.807, 2.05) is 19.1 Å². The predicted molar refractivity (Wildman–Crippen MR) is 75.7 cm³/mol. The Morgan fingerprint density at radius 2 is 2.17 bits per heavy atom. The summed E-state index contributed by atoms with van der Waals surface area (Å²) in [5, 5.41) is 3.33. The number of likely N-dealkylation sites (N-methyl/N-ethyl adjacent to an activating group) is 1. The average Bonchev–Trinajstić information content (AvgIpc) is 2.38. The van der Waals surface area contributed by atoms with Gasteiger partial charge in [-0.05, 0) is 38.7 Å². The summed E-state index contributed by atoms with van der Waals surface area (Å²) in [5.41, 5.74) is 1.22. The maximum absolute atomic E-state index is 5.37. The molecule has 0 bridgehead atoms. The summed E-state index contributed by atoms with van der Waals surface area (Å²) in [4.78, 5) is 2.17. The van der Waals surface area contributed by atoms with Gasteiger partial charge in [0.15, 0.2) is 0 Å².